The van der Waals surface area contributed by atoms with Crippen molar-refractivity contribution in [1.82, 2.24) is 45.5 Å². The Morgan fingerprint density at radius 3 is 2.32 bits per heavy atom. The van der Waals surface area contributed by atoms with Gasteiger partial charge in [0.15, 0.2) is 5.82 Å². The summed E-state index contributed by atoms with van der Waals surface area (Å²) in [6.45, 7) is 11.1. The van der Waals surface area contributed by atoms with E-state index in [2.05, 4.69) is 42.9 Å². The van der Waals surface area contributed by atoms with Crippen LogP contribution in [-0.2, 0) is 16.1 Å². The third-order valence-corrected chi connectivity index (χ3v) is 15.0. The number of aromatic hydroxyl groups is 1. The molecule has 2 aromatic carbocycles. The Morgan fingerprint density at radius 2 is 1.65 bits per heavy atom. The molecule has 7 heterocycles. The molecule has 6 atom stereocenters. The highest BCUT2D eigenvalue weighted by atomic mass is 19.1. The molecule has 4 aromatic rings. The van der Waals surface area contributed by atoms with Crippen molar-refractivity contribution in [1.29, 1.82) is 0 Å². The summed E-state index contributed by atoms with van der Waals surface area (Å²) in [5.41, 5.74) is 2.44. The van der Waals surface area contributed by atoms with Crippen LogP contribution in [0, 0.1) is 29.4 Å². The smallest absolute Gasteiger partial charge is 0.318 e. The predicted molar refractivity (Wildman–Crippen MR) is 255 cm³/mol. The highest BCUT2D eigenvalue weighted by Gasteiger charge is 2.46. The zero-order valence-corrected chi connectivity index (χ0v) is 39.5. The molecule has 5 N–H and O–H groups in total. The maximum Gasteiger partial charge on any atom is 0.318 e. The van der Waals surface area contributed by atoms with Crippen molar-refractivity contribution in [3.8, 4) is 29.4 Å². The summed E-state index contributed by atoms with van der Waals surface area (Å²) in [7, 11) is 0. The molecule has 0 spiro atoms. The molecule has 2 aromatic heterocycles. The lowest BCUT2D eigenvalue weighted by Crippen LogP contribution is -2.60. The van der Waals surface area contributed by atoms with Gasteiger partial charge in [-0.25, -0.2) is 23.5 Å². The van der Waals surface area contributed by atoms with Crippen molar-refractivity contribution in [2.75, 3.05) is 49.5 Å². The number of carbonyl (C=O) groups excluding carboxylic acids is 3. The minimum Gasteiger partial charge on any atom is -0.507 e. The Balaban J connectivity index is 0.753. The quantitative estimate of drug-likeness (QED) is 0.140. The minimum atomic E-state index is -1.05. The first kappa shape index (κ1) is 47.6. The topological polar surface area (TPSA) is 192 Å². The van der Waals surface area contributed by atoms with Crippen LogP contribution >= 0.6 is 0 Å². The van der Waals surface area contributed by atoms with E-state index in [-0.39, 0.29) is 54.9 Å². The van der Waals surface area contributed by atoms with Crippen molar-refractivity contribution in [2.24, 2.45) is 5.41 Å². The molecule has 5 aliphatic rings. The summed E-state index contributed by atoms with van der Waals surface area (Å²) >= 11 is 0. The molecule has 18 heteroatoms. The molecular formula is C51H61F2N11O5. The van der Waals surface area contributed by atoms with Crippen molar-refractivity contribution in [2.45, 2.75) is 121 Å². The van der Waals surface area contributed by atoms with Crippen molar-refractivity contribution in [3.05, 3.63) is 88.7 Å². The number of β-amino-alcohol motifs (C(OH)–C–C–N with tert-alkyl or cyclic N) is 1. The number of phenols is 1. The average molecular weight is 946 g/mol. The van der Waals surface area contributed by atoms with E-state index >= 15 is 0 Å². The lowest BCUT2D eigenvalue weighted by molar-refractivity contribution is -0.142. The Morgan fingerprint density at radius 1 is 0.957 bits per heavy atom. The number of terminal acetylenes is 1. The lowest BCUT2D eigenvalue weighted by atomic mass is 9.83. The highest BCUT2D eigenvalue weighted by molar-refractivity contribution is 5.93. The number of hydrogen-bond acceptors (Lipinski definition) is 12. The van der Waals surface area contributed by atoms with Crippen LogP contribution in [0.25, 0.3) is 11.3 Å². The third kappa shape index (κ3) is 9.76. The minimum absolute atomic E-state index is 0.0261. The molecule has 4 fully saturated rings. The molecular weight excluding hydrogens is 885 g/mol. The molecule has 5 aliphatic heterocycles. The second-order valence-electron chi connectivity index (χ2n) is 20.3. The second kappa shape index (κ2) is 19.5. The van der Waals surface area contributed by atoms with Gasteiger partial charge in [0.25, 0.3) is 0 Å². The number of carbonyl (C=O) groups is 3. The number of halogens is 2. The van der Waals surface area contributed by atoms with Crippen LogP contribution in [0.1, 0.15) is 100 Å². The SMILES string of the molecule is C#Cc1c(F)cc(CNC(=O)[C@@H]2C[C@@H](O)CN2C(=O)[C@@H](NC(=O)N2CCC(N3CCC(c4cnc(N5CCC6Nc7nnc(-c8ccccc8O)cc7C6[C@H]5C)nc4)CC3)CC2)C(C)(C)C)cc1F. The first-order valence-corrected chi connectivity index (χ1v) is 24.1. The van der Waals surface area contributed by atoms with Crippen molar-refractivity contribution >= 4 is 29.6 Å². The highest BCUT2D eigenvalue weighted by Crippen LogP contribution is 2.45. The molecule has 0 radical (unpaired) electrons. The number of aliphatic hydroxyl groups is 1. The largest absolute Gasteiger partial charge is 0.507 e. The van der Waals surface area contributed by atoms with Crippen LogP contribution in [0.15, 0.2) is 54.9 Å². The molecule has 0 bridgehead atoms. The Bertz CT molecular complexity index is 2580. The molecule has 4 saturated heterocycles. The number of aromatic nitrogens is 4. The molecule has 16 nitrogen and oxygen atoms in total. The van der Waals surface area contributed by atoms with E-state index in [9.17, 15) is 33.4 Å². The van der Waals surface area contributed by atoms with E-state index in [1.165, 1.54) is 4.90 Å². The number of hydrogen-bond donors (Lipinski definition) is 5. The van der Waals surface area contributed by atoms with Crippen LogP contribution < -0.4 is 20.9 Å². The number of phenolic OH excluding ortho intramolecular Hbond substituents is 1. The van der Waals surface area contributed by atoms with E-state index in [1.54, 1.807) is 17.0 Å². The summed E-state index contributed by atoms with van der Waals surface area (Å²) in [5, 5.41) is 39.2. The van der Waals surface area contributed by atoms with Gasteiger partial charge < -0.3 is 45.8 Å². The molecule has 9 rings (SSSR count). The number of rotatable bonds is 9. The number of anilines is 2. The lowest BCUT2D eigenvalue weighted by Gasteiger charge is -2.42. The van der Waals surface area contributed by atoms with Gasteiger partial charge in [-0.2, -0.15) is 0 Å². The summed E-state index contributed by atoms with van der Waals surface area (Å²) < 4.78 is 28.6. The van der Waals surface area contributed by atoms with Crippen LogP contribution in [0.2, 0.25) is 0 Å². The van der Waals surface area contributed by atoms with Crippen molar-refractivity contribution in [3.63, 3.8) is 0 Å². The molecule has 0 aliphatic carbocycles. The zero-order valence-electron chi connectivity index (χ0n) is 39.5. The zero-order chi connectivity index (χ0) is 48.7. The number of para-hydroxylation sites is 1. The van der Waals surface area contributed by atoms with E-state index in [1.807, 2.05) is 57.3 Å². The summed E-state index contributed by atoms with van der Waals surface area (Å²) in [5.74, 6) is 1.21. The number of fused-ring (bicyclic) bond motifs is 3. The van der Waals surface area contributed by atoms with E-state index in [0.717, 1.165) is 80.8 Å². The number of benzene rings is 2. The third-order valence-electron chi connectivity index (χ3n) is 15.0. The van der Waals surface area contributed by atoms with Gasteiger partial charge in [0.2, 0.25) is 17.8 Å². The summed E-state index contributed by atoms with van der Waals surface area (Å²) in [6.07, 6.45) is 12.6. The van der Waals surface area contributed by atoms with Gasteiger partial charge in [-0.05, 0) is 105 Å². The molecule has 69 heavy (non-hydrogen) atoms. The maximum atomic E-state index is 14.3. The van der Waals surface area contributed by atoms with Gasteiger partial charge in [0.1, 0.15) is 29.5 Å². The number of nitrogens with zero attached hydrogens (tertiary/aromatic N) is 8. The van der Waals surface area contributed by atoms with Crippen molar-refractivity contribution < 1.29 is 33.4 Å². The number of likely N-dealkylation sites (tertiary alicyclic amines) is 3. The predicted octanol–water partition coefficient (Wildman–Crippen LogP) is 5.12. The van der Waals surface area contributed by atoms with E-state index in [0.29, 0.717) is 42.3 Å². The summed E-state index contributed by atoms with van der Waals surface area (Å²) in [6, 6.07) is 9.56. The first-order valence-electron chi connectivity index (χ1n) is 24.1. The van der Waals surface area contributed by atoms with Gasteiger partial charge in [-0.3, -0.25) is 9.59 Å². The number of aliphatic hydroxyl groups excluding tert-OH is 1. The number of nitrogens with one attached hydrogen (secondary N) is 3. The van der Waals surface area contributed by atoms with Gasteiger partial charge in [0, 0.05) is 86.7 Å². The maximum absolute atomic E-state index is 14.3. The Hall–Kier alpha value is -6.45. The Kier molecular flexibility index (Phi) is 13.5. The molecule has 2 unspecified atom stereocenters. The second-order valence-corrected chi connectivity index (χ2v) is 20.3. The first-order chi connectivity index (χ1) is 33.1. The normalized spacial score (nSPS) is 23.7. The number of piperidine rings is 3. The monoisotopic (exact) mass is 945 g/mol. The number of urea groups is 1. The van der Waals surface area contributed by atoms with Gasteiger partial charge in [-0.1, -0.05) is 38.8 Å². The van der Waals surface area contributed by atoms with Crippen LogP contribution in [-0.4, -0.2) is 139 Å². The fraction of sp³-hybridized carbons (Fsp3) is 0.510. The van der Waals surface area contributed by atoms with Gasteiger partial charge in [-0.15, -0.1) is 16.6 Å². The van der Waals surface area contributed by atoms with E-state index in [4.69, 9.17) is 16.4 Å². The van der Waals surface area contributed by atoms with Gasteiger partial charge >= 0.3 is 6.03 Å². The van der Waals surface area contributed by atoms with E-state index < -0.39 is 52.6 Å². The number of amides is 4. The fourth-order valence-corrected chi connectivity index (χ4v) is 11.1. The molecule has 364 valence electrons. The van der Waals surface area contributed by atoms with Crippen LogP contribution in [0.3, 0.4) is 0 Å². The average Bonchev–Trinajstić information content (AvgIpc) is 3.93. The summed E-state index contributed by atoms with van der Waals surface area (Å²) in [4.78, 5) is 59.1. The molecule has 0 saturated carbocycles. The molecule has 4 amide bonds. The standard InChI is InChI=1S/C51H61F2N11O5/c1-6-35-38(52)21-30(22-39(35)53)25-54-47(67)42-23-34(65)28-64(42)48(68)45(51(3,4)5)58-50(69)62-18-13-33(14-19-62)61-16-11-31(12-17-61)32-26-55-49(56-27-32)63-20-15-40-44(29(63)2)37-24-41(59-60-46(37)57-40)36-9-7-8-10-43(36)66/h1,7-10,21-22,24,26-27,29,31,33-34,40,42,44-45,65-66H,11-20,23,25,28H2,2-5H3,(H,54,67)(H,57,60)(H,58,69)/t29-,34-,40?,42+,44?,45-/m1/s1. The van der Waals surface area contributed by atoms with Gasteiger partial charge in [0.05, 0.1) is 17.4 Å². The fourth-order valence-electron chi connectivity index (χ4n) is 11.1. The van der Waals surface area contributed by atoms with Crippen LogP contribution in [0.4, 0.5) is 25.3 Å². The van der Waals surface area contributed by atoms with Crippen LogP contribution in [0.5, 0.6) is 5.75 Å². The Labute approximate surface area is 401 Å².